The topological polar surface area (TPSA) is 120 Å². The standard InChI is InChI=1S/3C9H18O2.In/c3*1-3-4-5-8(2)6-7-9(10)11;/h3*8H,3-7H2,1-2H3,(H,10,11);/q;;;+3/p-3. The average Bonchev–Trinajstić information content (AvgIpc) is 2.76. The third kappa shape index (κ3) is 41.5. The maximum absolute atomic E-state index is 10.1. The molecule has 0 aromatic carbocycles. The van der Waals surface area contributed by atoms with E-state index in [0.717, 1.165) is 38.5 Å². The molecule has 0 saturated heterocycles. The molecule has 198 valence electrons. The smallest absolute Gasteiger partial charge is 0.550 e. The van der Waals surface area contributed by atoms with E-state index in [1.54, 1.807) is 0 Å². The maximum Gasteiger partial charge on any atom is 3.00 e. The molecule has 34 heavy (non-hydrogen) atoms. The fourth-order valence-electron chi connectivity index (χ4n) is 3.18. The summed E-state index contributed by atoms with van der Waals surface area (Å²) in [7, 11) is 0. The van der Waals surface area contributed by atoms with Gasteiger partial charge in [-0.25, -0.2) is 0 Å². The normalized spacial score (nSPS) is 12.5. The molecule has 0 heterocycles. The van der Waals surface area contributed by atoms with Gasteiger partial charge in [-0.15, -0.1) is 0 Å². The Balaban J connectivity index is -0.000000196. The number of carboxylic acids is 3. The summed E-state index contributed by atoms with van der Waals surface area (Å²) in [4.78, 5) is 30.2. The molecule has 0 fully saturated rings. The molecule has 0 radical (unpaired) electrons. The molecule has 0 amide bonds. The summed E-state index contributed by atoms with van der Waals surface area (Å²) >= 11 is 0. The molecular formula is C27H51InO6. The molecule has 0 bridgehead atoms. The van der Waals surface area contributed by atoms with Crippen LogP contribution in [0.15, 0.2) is 0 Å². The van der Waals surface area contributed by atoms with Crippen molar-refractivity contribution in [2.75, 3.05) is 0 Å². The van der Waals surface area contributed by atoms with Gasteiger partial charge in [0.05, 0.1) is 0 Å². The van der Waals surface area contributed by atoms with E-state index in [2.05, 4.69) is 41.5 Å². The first-order valence-corrected chi connectivity index (χ1v) is 13.1. The summed E-state index contributed by atoms with van der Waals surface area (Å²) in [6.07, 6.45) is 13.5. The van der Waals surface area contributed by atoms with Gasteiger partial charge in [0.15, 0.2) is 0 Å². The average molecular weight is 587 g/mol. The fourth-order valence-corrected chi connectivity index (χ4v) is 3.18. The largest absolute Gasteiger partial charge is 3.00 e. The molecule has 0 aliphatic carbocycles. The van der Waals surface area contributed by atoms with Crippen LogP contribution in [0, 0.1) is 17.8 Å². The summed E-state index contributed by atoms with van der Waals surface area (Å²) in [5.74, 6) is -1.16. The zero-order valence-electron chi connectivity index (χ0n) is 22.9. The van der Waals surface area contributed by atoms with Crippen LogP contribution in [0.2, 0.25) is 0 Å². The van der Waals surface area contributed by atoms with E-state index in [1.165, 1.54) is 38.5 Å². The van der Waals surface area contributed by atoms with Crippen LogP contribution in [0.5, 0.6) is 0 Å². The number of unbranched alkanes of at least 4 members (excludes halogenated alkanes) is 3. The van der Waals surface area contributed by atoms with Gasteiger partial charge in [0.1, 0.15) is 0 Å². The van der Waals surface area contributed by atoms with Crippen LogP contribution < -0.4 is 15.3 Å². The number of hydrogen-bond donors (Lipinski definition) is 0. The second-order valence-corrected chi connectivity index (χ2v) is 9.47. The molecule has 3 unspecified atom stereocenters. The number of aliphatic carboxylic acids is 3. The Morgan fingerprint density at radius 1 is 0.500 bits per heavy atom. The van der Waals surface area contributed by atoms with Crippen LogP contribution in [0.25, 0.3) is 0 Å². The molecule has 0 rings (SSSR count). The van der Waals surface area contributed by atoms with Crippen molar-refractivity contribution in [1.29, 1.82) is 0 Å². The molecule has 3 atom stereocenters. The van der Waals surface area contributed by atoms with Crippen molar-refractivity contribution in [2.45, 2.75) is 138 Å². The number of carbonyl (C=O) groups excluding carboxylic acids is 3. The first-order valence-electron chi connectivity index (χ1n) is 13.1. The third-order valence-corrected chi connectivity index (χ3v) is 5.68. The van der Waals surface area contributed by atoms with Gasteiger partial charge in [-0.3, -0.25) is 0 Å². The van der Waals surface area contributed by atoms with E-state index in [0.29, 0.717) is 17.8 Å². The summed E-state index contributed by atoms with van der Waals surface area (Å²) in [6, 6.07) is 0. The minimum atomic E-state index is -0.923. The van der Waals surface area contributed by atoms with Crippen LogP contribution in [-0.4, -0.2) is 43.8 Å². The third-order valence-electron chi connectivity index (χ3n) is 5.68. The molecule has 0 saturated carbocycles. The van der Waals surface area contributed by atoms with E-state index >= 15 is 0 Å². The molecule has 0 N–H and O–H groups in total. The molecule has 0 aromatic rings. The number of carboxylic acid groups (broad SMARTS) is 3. The van der Waals surface area contributed by atoms with Crippen molar-refractivity contribution >= 4 is 43.8 Å². The van der Waals surface area contributed by atoms with Gasteiger partial charge >= 0.3 is 25.8 Å². The molecule has 0 aliphatic rings. The summed E-state index contributed by atoms with van der Waals surface area (Å²) in [5.41, 5.74) is 0. The van der Waals surface area contributed by atoms with Gasteiger partial charge in [-0.2, -0.15) is 0 Å². The van der Waals surface area contributed by atoms with Gasteiger partial charge in [0, 0.05) is 17.9 Å². The zero-order valence-corrected chi connectivity index (χ0v) is 26.2. The molecular weight excluding hydrogens is 535 g/mol. The van der Waals surface area contributed by atoms with Gasteiger partial charge < -0.3 is 29.7 Å². The second-order valence-electron chi connectivity index (χ2n) is 9.47. The Morgan fingerprint density at radius 2 is 0.706 bits per heavy atom. The Bertz CT molecular complexity index is 403. The minimum Gasteiger partial charge on any atom is -0.550 e. The summed E-state index contributed by atoms with van der Waals surface area (Å²) < 4.78 is 0. The maximum atomic E-state index is 10.1. The quantitative estimate of drug-likeness (QED) is 0.242. The van der Waals surface area contributed by atoms with Gasteiger partial charge in [-0.05, 0) is 56.3 Å². The van der Waals surface area contributed by atoms with Crippen LogP contribution in [0.4, 0.5) is 0 Å². The van der Waals surface area contributed by atoms with E-state index in [1.807, 2.05) is 0 Å². The van der Waals surface area contributed by atoms with Crippen molar-refractivity contribution in [3.63, 3.8) is 0 Å². The number of carbonyl (C=O) groups is 3. The van der Waals surface area contributed by atoms with Crippen molar-refractivity contribution in [3.05, 3.63) is 0 Å². The molecule has 7 heteroatoms. The van der Waals surface area contributed by atoms with Gasteiger partial charge in [0.25, 0.3) is 0 Å². The Hall–Kier alpha value is -0.720. The minimum absolute atomic E-state index is 0. The summed E-state index contributed by atoms with van der Waals surface area (Å²) in [6.45, 7) is 12.7. The SMILES string of the molecule is CCCCC(C)CCC(=O)[O-].CCCCC(C)CCC(=O)[O-].CCCCC(C)CCC(=O)[O-].[In+3]. The Morgan fingerprint density at radius 3 is 0.853 bits per heavy atom. The predicted octanol–water partition coefficient (Wildman–Crippen LogP) is 3.65. The Kier molecular flexibility index (Phi) is 36.1. The molecule has 0 spiro atoms. The van der Waals surface area contributed by atoms with E-state index < -0.39 is 17.9 Å². The number of hydrogen-bond acceptors (Lipinski definition) is 6. The van der Waals surface area contributed by atoms with Gasteiger partial charge in [0.2, 0.25) is 0 Å². The van der Waals surface area contributed by atoms with Crippen molar-refractivity contribution in [2.24, 2.45) is 17.8 Å². The molecule has 6 nitrogen and oxygen atoms in total. The molecule has 0 aromatic heterocycles. The van der Waals surface area contributed by atoms with Crippen LogP contribution in [0.3, 0.4) is 0 Å². The first kappa shape index (κ1) is 40.4. The predicted molar refractivity (Wildman–Crippen MR) is 135 cm³/mol. The van der Waals surface area contributed by atoms with Crippen molar-refractivity contribution in [1.82, 2.24) is 0 Å². The number of rotatable bonds is 18. The molecule has 0 aliphatic heterocycles. The van der Waals surface area contributed by atoms with Gasteiger partial charge in [-0.1, -0.05) is 99.3 Å². The Labute approximate surface area is 228 Å². The van der Waals surface area contributed by atoms with Crippen LogP contribution >= 0.6 is 0 Å². The van der Waals surface area contributed by atoms with E-state index in [9.17, 15) is 29.7 Å². The van der Waals surface area contributed by atoms with Crippen LogP contribution in [-0.2, 0) is 14.4 Å². The van der Waals surface area contributed by atoms with Crippen molar-refractivity contribution in [3.8, 4) is 0 Å². The van der Waals surface area contributed by atoms with E-state index in [-0.39, 0.29) is 45.1 Å². The second kappa shape index (κ2) is 30.3. The van der Waals surface area contributed by atoms with Crippen molar-refractivity contribution < 1.29 is 29.7 Å². The monoisotopic (exact) mass is 586 g/mol. The zero-order chi connectivity index (χ0) is 26.1. The fraction of sp³-hybridized carbons (Fsp3) is 0.889. The first-order chi connectivity index (χ1) is 15.5. The summed E-state index contributed by atoms with van der Waals surface area (Å²) in [5, 5.41) is 30.2. The van der Waals surface area contributed by atoms with Crippen LogP contribution in [0.1, 0.15) is 138 Å². The van der Waals surface area contributed by atoms with E-state index in [4.69, 9.17) is 0 Å².